The van der Waals surface area contributed by atoms with Gasteiger partial charge in [0.1, 0.15) is 92.6 Å². The predicted molar refractivity (Wildman–Crippen MR) is 444 cm³/mol. The zero-order valence-electron chi connectivity index (χ0n) is 71.3. The SMILES string of the molecule is CCCCCC/C=C\CCCCCCCCCC(=O)OCC1OC(OC2C(OC(=O)CCCCCCCCC/C=C\CCCCCC)C(O)C(O)C(OC3OC(CO)C(O)C(O)C3O)C2OP(=O)(O)OCC(COC(=O)CCCCC/C=C\CCCCCCCC)OC(=O)CCCCCCCCCCCCCCC)C(O)C(O)C1O. The largest absolute Gasteiger partial charge is 0.472 e. The minimum Gasteiger partial charge on any atom is -0.463 e. The number of esters is 4. The van der Waals surface area contributed by atoms with Crippen molar-refractivity contribution in [3.05, 3.63) is 36.5 Å². The molecule has 0 aromatic heterocycles. The van der Waals surface area contributed by atoms with E-state index in [1.54, 1.807) is 0 Å². The van der Waals surface area contributed by atoms with E-state index in [0.29, 0.717) is 32.1 Å². The average Bonchev–Trinajstić information content (AvgIpc) is 0.756. The van der Waals surface area contributed by atoms with Crippen molar-refractivity contribution in [3.8, 4) is 0 Å². The van der Waals surface area contributed by atoms with E-state index in [1.165, 1.54) is 128 Å². The highest BCUT2D eigenvalue weighted by atomic mass is 31.2. The lowest BCUT2D eigenvalue weighted by molar-refractivity contribution is -0.360. The Hall–Kier alpha value is -3.31. The van der Waals surface area contributed by atoms with E-state index in [2.05, 4.69) is 64.2 Å². The summed E-state index contributed by atoms with van der Waals surface area (Å²) in [6, 6.07) is 0. The smallest absolute Gasteiger partial charge is 0.463 e. The number of phosphoric ester groups is 1. The summed E-state index contributed by atoms with van der Waals surface area (Å²) in [7, 11) is -5.81. The van der Waals surface area contributed by atoms with Crippen LogP contribution in [0, 0.1) is 0 Å². The van der Waals surface area contributed by atoms with Crippen LogP contribution in [0.3, 0.4) is 0 Å². The number of rotatable bonds is 73. The van der Waals surface area contributed by atoms with E-state index in [9.17, 15) is 74.6 Å². The molecule has 10 N–H and O–H groups in total. The molecule has 25 nitrogen and oxygen atoms in total. The lowest BCUT2D eigenvalue weighted by Crippen LogP contribution is -2.70. The first-order valence-electron chi connectivity index (χ1n) is 45.7. The third-order valence-corrected chi connectivity index (χ3v) is 23.1. The fraction of sp³-hybridized carbons (Fsp3) is 0.888. The van der Waals surface area contributed by atoms with Crippen LogP contribution >= 0.6 is 7.82 Å². The van der Waals surface area contributed by atoms with Crippen LogP contribution in [-0.4, -0.2) is 205 Å². The third kappa shape index (κ3) is 48.8. The summed E-state index contributed by atoms with van der Waals surface area (Å²) < 4.78 is 73.3. The number of ether oxygens (including phenoxy) is 8. The average molecular weight is 1660 g/mol. The molecule has 26 heteroatoms. The zero-order chi connectivity index (χ0) is 84.0. The molecule has 1 saturated carbocycles. The number of aliphatic hydroxyl groups excluding tert-OH is 9. The molecule has 18 atom stereocenters. The molecule has 672 valence electrons. The van der Waals surface area contributed by atoms with Crippen molar-refractivity contribution in [2.75, 3.05) is 26.4 Å². The molecule has 2 heterocycles. The molecule has 18 unspecified atom stereocenters. The number of hydrogen-bond acceptors (Lipinski definition) is 24. The number of allylic oxidation sites excluding steroid dienone is 6. The number of hydrogen-bond donors (Lipinski definition) is 10. The van der Waals surface area contributed by atoms with Crippen molar-refractivity contribution in [2.24, 2.45) is 0 Å². The van der Waals surface area contributed by atoms with Gasteiger partial charge in [-0.05, 0) is 103 Å². The highest BCUT2D eigenvalue weighted by molar-refractivity contribution is 7.47. The molecule has 3 rings (SSSR count). The Labute approximate surface area is 691 Å². The van der Waals surface area contributed by atoms with Gasteiger partial charge in [-0.3, -0.25) is 28.2 Å². The molecule has 0 bridgehead atoms. The van der Waals surface area contributed by atoms with Crippen LogP contribution < -0.4 is 0 Å². The second-order valence-corrected chi connectivity index (χ2v) is 33.9. The Morgan fingerprint density at radius 3 is 1.05 bits per heavy atom. The molecule has 115 heavy (non-hydrogen) atoms. The van der Waals surface area contributed by atoms with E-state index in [4.69, 9.17) is 46.9 Å². The first-order chi connectivity index (χ1) is 55.7. The van der Waals surface area contributed by atoms with Crippen LogP contribution in [0.1, 0.15) is 374 Å². The van der Waals surface area contributed by atoms with Gasteiger partial charge in [-0.25, -0.2) is 4.57 Å². The molecule has 0 aromatic rings. The maximum Gasteiger partial charge on any atom is 0.472 e. The lowest BCUT2D eigenvalue weighted by Gasteiger charge is -2.50. The first kappa shape index (κ1) is 106. The summed E-state index contributed by atoms with van der Waals surface area (Å²) in [6.07, 6.45) is 28.6. The first-order valence-corrected chi connectivity index (χ1v) is 47.2. The molecule has 0 radical (unpaired) electrons. The van der Waals surface area contributed by atoms with E-state index >= 15 is 0 Å². The summed E-state index contributed by atoms with van der Waals surface area (Å²) in [5.74, 6) is -3.00. The topological polar surface area (TPSA) is 380 Å². The summed E-state index contributed by atoms with van der Waals surface area (Å²) in [5, 5.41) is 102. The summed E-state index contributed by atoms with van der Waals surface area (Å²) in [4.78, 5) is 66.3. The molecule has 1 aliphatic carbocycles. The van der Waals surface area contributed by atoms with Gasteiger partial charge in [0.15, 0.2) is 24.8 Å². The fourth-order valence-electron chi connectivity index (χ4n) is 14.8. The van der Waals surface area contributed by atoms with Gasteiger partial charge in [0, 0.05) is 25.7 Å². The molecular weight excluding hydrogens is 1500 g/mol. The molecule has 0 aromatic carbocycles. The number of aliphatic hydroxyl groups is 9. The van der Waals surface area contributed by atoms with Crippen LogP contribution in [0.25, 0.3) is 0 Å². The number of carbonyl (C=O) groups excluding carboxylic acids is 4. The van der Waals surface area contributed by atoms with Gasteiger partial charge in [0.25, 0.3) is 0 Å². The molecule has 2 aliphatic heterocycles. The van der Waals surface area contributed by atoms with Crippen molar-refractivity contribution >= 4 is 31.7 Å². The van der Waals surface area contributed by atoms with Gasteiger partial charge in [-0.15, -0.1) is 0 Å². The summed E-state index contributed by atoms with van der Waals surface area (Å²) in [5.41, 5.74) is 0. The van der Waals surface area contributed by atoms with Crippen molar-refractivity contribution in [3.63, 3.8) is 0 Å². The van der Waals surface area contributed by atoms with Crippen molar-refractivity contribution in [2.45, 2.75) is 479 Å². The Balaban J connectivity index is 1.93. The van der Waals surface area contributed by atoms with E-state index in [1.807, 2.05) is 0 Å². The van der Waals surface area contributed by atoms with Crippen LogP contribution in [0.4, 0.5) is 0 Å². The Morgan fingerprint density at radius 1 is 0.339 bits per heavy atom. The highest BCUT2D eigenvalue weighted by Gasteiger charge is 2.60. The maximum atomic E-state index is 14.9. The van der Waals surface area contributed by atoms with E-state index in [0.717, 1.165) is 161 Å². The van der Waals surface area contributed by atoms with Gasteiger partial charge >= 0.3 is 31.7 Å². The molecule has 3 aliphatic rings. The fourth-order valence-corrected chi connectivity index (χ4v) is 15.7. The van der Waals surface area contributed by atoms with Crippen molar-refractivity contribution in [1.29, 1.82) is 0 Å². The molecular formula is C89H161O25P. The predicted octanol–water partition coefficient (Wildman–Crippen LogP) is 16.3. The van der Waals surface area contributed by atoms with Gasteiger partial charge in [0.2, 0.25) is 0 Å². The quantitative estimate of drug-likeness (QED) is 0.00889. The van der Waals surface area contributed by atoms with Gasteiger partial charge in [-0.2, -0.15) is 0 Å². The minimum absolute atomic E-state index is 0.00749. The van der Waals surface area contributed by atoms with E-state index < -0.39 is 162 Å². The third-order valence-electron chi connectivity index (χ3n) is 22.1. The molecule has 3 fully saturated rings. The lowest BCUT2D eigenvalue weighted by atomic mass is 9.84. The Morgan fingerprint density at radius 2 is 0.652 bits per heavy atom. The normalized spacial score (nSPS) is 25.4. The monoisotopic (exact) mass is 1660 g/mol. The van der Waals surface area contributed by atoms with Gasteiger partial charge < -0.3 is 88.7 Å². The molecule has 0 spiro atoms. The Kier molecular flexibility index (Phi) is 62.8. The van der Waals surface area contributed by atoms with Crippen molar-refractivity contribution in [1.82, 2.24) is 0 Å². The standard InChI is InChI=1S/C89H161O25P/c1-5-9-13-17-21-25-29-33-35-39-42-46-50-54-58-62-73(92)106-68-71-77(96)79(98)83(102)89(110-71)113-86-84(111-75(94)64-60-56-52-48-44-40-36-34-30-26-22-18-14-10-6-2)80(99)81(100)85(112-88-82(101)78(97)76(95)70(65-90)109-88)87(86)114-115(103,104)107-67-69(108-74(93)63-59-55-51-47-43-38-32-28-24-20-16-12-8-4)66-105-72(91)61-57-53-49-45-41-37-31-27-23-19-15-11-7-3/h25-26,29-30,37,41,69-71,76-90,95-102H,5-24,27-28,31-36,38-40,42-68H2,1-4H3,(H,103,104)/b29-25-,30-26-,41-37-. The second-order valence-electron chi connectivity index (χ2n) is 32.4. The summed E-state index contributed by atoms with van der Waals surface area (Å²) in [6.45, 7) is 5.52. The van der Waals surface area contributed by atoms with Crippen LogP contribution in [-0.2, 0) is 70.7 Å². The number of carbonyl (C=O) groups is 4. The Bertz CT molecular complexity index is 2540. The number of phosphoric acid groups is 1. The highest BCUT2D eigenvalue weighted by Crippen LogP contribution is 2.49. The van der Waals surface area contributed by atoms with Gasteiger partial charge in [0.05, 0.1) is 13.2 Å². The van der Waals surface area contributed by atoms with Crippen LogP contribution in [0.2, 0.25) is 0 Å². The summed E-state index contributed by atoms with van der Waals surface area (Å²) >= 11 is 0. The maximum absolute atomic E-state index is 14.9. The molecule has 0 amide bonds. The van der Waals surface area contributed by atoms with Crippen LogP contribution in [0.15, 0.2) is 36.5 Å². The van der Waals surface area contributed by atoms with Crippen LogP contribution in [0.5, 0.6) is 0 Å². The zero-order valence-corrected chi connectivity index (χ0v) is 72.2. The number of unbranched alkanes of at least 4 members (excludes halogenated alkanes) is 43. The van der Waals surface area contributed by atoms with Gasteiger partial charge in [-0.1, -0.05) is 282 Å². The minimum atomic E-state index is -5.81. The molecule has 2 saturated heterocycles. The van der Waals surface area contributed by atoms with Crippen molar-refractivity contribution < 1.29 is 122 Å². The second kappa shape index (κ2) is 68.3. The van der Waals surface area contributed by atoms with E-state index in [-0.39, 0.29) is 25.7 Å².